The fourth-order valence-electron chi connectivity index (χ4n) is 2.14. The second-order valence-corrected chi connectivity index (χ2v) is 7.44. The highest BCUT2D eigenvalue weighted by atomic mass is 35.5. The van der Waals surface area contributed by atoms with Crippen LogP contribution in [-0.2, 0) is 19.6 Å². The number of ketones is 1. The molecule has 2 rings (SSSR count). The van der Waals surface area contributed by atoms with Crippen LogP contribution < -0.4 is 0 Å². The zero-order valence-electron chi connectivity index (χ0n) is 11.8. The minimum atomic E-state index is -3.93. The molecule has 1 aromatic rings. The number of morpholine rings is 1. The maximum absolute atomic E-state index is 12.6. The Hall–Kier alpha value is -1.19. The monoisotopic (exact) mass is 381 g/mol. The zero-order chi connectivity index (χ0) is 17.2. The summed E-state index contributed by atoms with van der Waals surface area (Å²) in [5.74, 6) is -2.21. The van der Waals surface area contributed by atoms with E-state index in [0.29, 0.717) is 0 Å². The second-order valence-electron chi connectivity index (χ2n) is 4.74. The van der Waals surface area contributed by atoms with E-state index in [0.717, 1.165) is 0 Å². The molecule has 126 valence electrons. The SMILES string of the molecule is O=C(O)CC(=O)c1c(Cl)ccc(S(=O)(=O)N2CCOCC2)c1Cl. The van der Waals surface area contributed by atoms with E-state index >= 15 is 0 Å². The molecule has 1 heterocycles. The van der Waals surface area contributed by atoms with Gasteiger partial charge in [-0.3, -0.25) is 9.59 Å². The lowest BCUT2D eigenvalue weighted by molar-refractivity contribution is -0.135. The van der Waals surface area contributed by atoms with Gasteiger partial charge in [0, 0.05) is 13.1 Å². The van der Waals surface area contributed by atoms with Crippen molar-refractivity contribution in [3.8, 4) is 0 Å². The molecule has 0 spiro atoms. The number of benzene rings is 1. The van der Waals surface area contributed by atoms with Gasteiger partial charge < -0.3 is 9.84 Å². The van der Waals surface area contributed by atoms with Gasteiger partial charge in [-0.15, -0.1) is 0 Å². The van der Waals surface area contributed by atoms with Crippen LogP contribution in [0.15, 0.2) is 17.0 Å². The third-order valence-electron chi connectivity index (χ3n) is 3.23. The Labute approximate surface area is 142 Å². The van der Waals surface area contributed by atoms with Crippen LogP contribution in [0.5, 0.6) is 0 Å². The molecule has 0 aliphatic carbocycles. The predicted octanol–water partition coefficient (Wildman–Crippen LogP) is 1.67. The second kappa shape index (κ2) is 7.14. The Kier molecular flexibility index (Phi) is 5.64. The van der Waals surface area contributed by atoms with Gasteiger partial charge in [0.2, 0.25) is 10.0 Å². The van der Waals surface area contributed by atoms with E-state index in [9.17, 15) is 18.0 Å². The molecule has 0 saturated carbocycles. The molecule has 1 N–H and O–H groups in total. The highest BCUT2D eigenvalue weighted by Gasteiger charge is 2.31. The molecule has 0 atom stereocenters. The molecule has 1 aliphatic heterocycles. The van der Waals surface area contributed by atoms with Gasteiger partial charge in [-0.25, -0.2) is 8.42 Å². The van der Waals surface area contributed by atoms with Crippen LogP contribution in [0.2, 0.25) is 10.0 Å². The van der Waals surface area contributed by atoms with Crippen LogP contribution in [0.3, 0.4) is 0 Å². The van der Waals surface area contributed by atoms with E-state index < -0.39 is 28.2 Å². The summed E-state index contributed by atoms with van der Waals surface area (Å²) in [4.78, 5) is 22.4. The largest absolute Gasteiger partial charge is 0.481 e. The van der Waals surface area contributed by atoms with Crippen LogP contribution in [0.25, 0.3) is 0 Å². The summed E-state index contributed by atoms with van der Waals surface area (Å²) < 4.78 is 31.6. The van der Waals surface area contributed by atoms with Crippen molar-refractivity contribution < 1.29 is 27.9 Å². The molecule has 1 aromatic carbocycles. The van der Waals surface area contributed by atoms with Crippen molar-refractivity contribution in [1.82, 2.24) is 4.31 Å². The molecule has 1 fully saturated rings. The number of rotatable bonds is 5. The average molecular weight is 382 g/mol. The number of aliphatic carboxylic acids is 1. The van der Waals surface area contributed by atoms with Gasteiger partial charge in [0.1, 0.15) is 11.3 Å². The Morgan fingerprint density at radius 1 is 1.22 bits per heavy atom. The van der Waals surface area contributed by atoms with Crippen LogP contribution in [0, 0.1) is 0 Å². The number of hydrogen-bond acceptors (Lipinski definition) is 5. The molecule has 0 radical (unpaired) electrons. The molecule has 0 unspecified atom stereocenters. The van der Waals surface area contributed by atoms with Gasteiger partial charge in [-0.2, -0.15) is 4.31 Å². The Morgan fingerprint density at radius 3 is 2.39 bits per heavy atom. The van der Waals surface area contributed by atoms with Gasteiger partial charge in [0.25, 0.3) is 0 Å². The first-order valence-electron chi connectivity index (χ1n) is 6.56. The van der Waals surface area contributed by atoms with E-state index in [1.165, 1.54) is 16.4 Å². The first kappa shape index (κ1) is 18.2. The van der Waals surface area contributed by atoms with Crippen LogP contribution in [0.4, 0.5) is 0 Å². The van der Waals surface area contributed by atoms with Gasteiger partial charge in [-0.05, 0) is 12.1 Å². The molecule has 10 heteroatoms. The van der Waals surface area contributed by atoms with E-state index in [-0.39, 0.29) is 46.8 Å². The molecule has 0 aromatic heterocycles. The molecule has 23 heavy (non-hydrogen) atoms. The number of ether oxygens (including phenoxy) is 1. The molecule has 1 aliphatic rings. The maximum Gasteiger partial charge on any atom is 0.311 e. The molecule has 1 saturated heterocycles. The summed E-state index contributed by atoms with van der Waals surface area (Å²) in [5.41, 5.74) is -0.301. The number of Topliss-reactive ketones (excluding diaryl/α,β-unsaturated/α-hetero) is 1. The average Bonchev–Trinajstić information content (AvgIpc) is 2.47. The van der Waals surface area contributed by atoms with E-state index in [1.807, 2.05) is 0 Å². The predicted molar refractivity (Wildman–Crippen MR) is 82.6 cm³/mol. The highest BCUT2D eigenvalue weighted by Crippen LogP contribution is 2.33. The van der Waals surface area contributed by atoms with Crippen molar-refractivity contribution in [3.63, 3.8) is 0 Å². The molecular formula is C13H13Cl2NO6S. The molecule has 7 nitrogen and oxygen atoms in total. The smallest absolute Gasteiger partial charge is 0.311 e. The molecule has 0 bridgehead atoms. The summed E-state index contributed by atoms with van der Waals surface area (Å²) in [5, 5.41) is 8.25. The first-order valence-corrected chi connectivity index (χ1v) is 8.75. The van der Waals surface area contributed by atoms with E-state index in [2.05, 4.69) is 0 Å². The minimum absolute atomic E-state index is 0.0952. The van der Waals surface area contributed by atoms with Crippen molar-refractivity contribution in [2.75, 3.05) is 26.3 Å². The fourth-order valence-corrected chi connectivity index (χ4v) is 4.49. The van der Waals surface area contributed by atoms with Crippen molar-refractivity contribution in [2.45, 2.75) is 11.3 Å². The summed E-state index contributed by atoms with van der Waals surface area (Å²) in [6.07, 6.45) is -0.833. The zero-order valence-corrected chi connectivity index (χ0v) is 14.1. The molecule has 0 amide bonds. The van der Waals surface area contributed by atoms with E-state index in [4.69, 9.17) is 33.0 Å². The number of sulfonamides is 1. The highest BCUT2D eigenvalue weighted by molar-refractivity contribution is 7.89. The number of nitrogens with zero attached hydrogens (tertiary/aromatic N) is 1. The lowest BCUT2D eigenvalue weighted by Gasteiger charge is -2.26. The number of hydrogen-bond donors (Lipinski definition) is 1. The van der Waals surface area contributed by atoms with Crippen LogP contribution >= 0.6 is 23.2 Å². The lowest BCUT2D eigenvalue weighted by atomic mass is 10.1. The van der Waals surface area contributed by atoms with Gasteiger partial charge in [0.15, 0.2) is 5.78 Å². The normalized spacial score (nSPS) is 16.3. The van der Waals surface area contributed by atoms with Crippen molar-refractivity contribution in [1.29, 1.82) is 0 Å². The Balaban J connectivity index is 2.48. The number of carboxylic acids is 1. The maximum atomic E-state index is 12.6. The number of halogens is 2. The summed E-state index contributed by atoms with van der Waals surface area (Å²) in [6, 6.07) is 2.42. The van der Waals surface area contributed by atoms with Crippen LogP contribution in [-0.4, -0.2) is 55.9 Å². The third kappa shape index (κ3) is 3.84. The van der Waals surface area contributed by atoms with E-state index in [1.54, 1.807) is 0 Å². The topological polar surface area (TPSA) is 101 Å². The summed E-state index contributed by atoms with van der Waals surface area (Å²) in [7, 11) is -3.93. The van der Waals surface area contributed by atoms with Crippen LogP contribution in [0.1, 0.15) is 16.8 Å². The van der Waals surface area contributed by atoms with Crippen molar-refractivity contribution in [2.24, 2.45) is 0 Å². The number of carbonyl (C=O) groups excluding carboxylic acids is 1. The first-order chi connectivity index (χ1) is 10.7. The lowest BCUT2D eigenvalue weighted by Crippen LogP contribution is -2.40. The van der Waals surface area contributed by atoms with Crippen molar-refractivity contribution >= 4 is 45.0 Å². The quantitative estimate of drug-likeness (QED) is 0.614. The molecular weight excluding hydrogens is 369 g/mol. The minimum Gasteiger partial charge on any atom is -0.481 e. The standard InChI is InChI=1S/C13H13Cl2NO6S/c14-8-1-2-10(13(15)12(8)9(17)7-11(18)19)23(20,21)16-3-5-22-6-4-16/h1-2H,3-7H2,(H,18,19). The third-order valence-corrected chi connectivity index (χ3v) is 5.99. The Morgan fingerprint density at radius 2 is 1.83 bits per heavy atom. The van der Waals surface area contributed by atoms with Gasteiger partial charge in [-0.1, -0.05) is 23.2 Å². The van der Waals surface area contributed by atoms with Gasteiger partial charge >= 0.3 is 5.97 Å². The van der Waals surface area contributed by atoms with Crippen molar-refractivity contribution in [3.05, 3.63) is 27.7 Å². The summed E-state index contributed by atoms with van der Waals surface area (Å²) >= 11 is 11.9. The fraction of sp³-hybridized carbons (Fsp3) is 0.385. The number of carboxylic acid groups (broad SMARTS) is 1. The number of carbonyl (C=O) groups is 2. The van der Waals surface area contributed by atoms with Gasteiger partial charge in [0.05, 0.1) is 28.8 Å². The Bertz CT molecular complexity index is 743. The summed E-state index contributed by atoms with van der Waals surface area (Å²) in [6.45, 7) is 0.851.